The van der Waals surface area contributed by atoms with Crippen LogP contribution in [0.2, 0.25) is 0 Å². The van der Waals surface area contributed by atoms with Gasteiger partial charge in [0.1, 0.15) is 4.88 Å². The fraction of sp³-hybridized carbons (Fsp3) is 0.500. The molecule has 25 heavy (non-hydrogen) atoms. The Hall–Kier alpha value is -1.83. The van der Waals surface area contributed by atoms with Crippen molar-refractivity contribution in [3.8, 4) is 0 Å². The lowest BCUT2D eigenvalue weighted by Gasteiger charge is -2.27. The summed E-state index contributed by atoms with van der Waals surface area (Å²) in [5, 5.41) is 0. The second-order valence-corrected chi connectivity index (χ2v) is 7.38. The van der Waals surface area contributed by atoms with Crippen LogP contribution in [0.1, 0.15) is 39.8 Å². The molecule has 0 radical (unpaired) electrons. The standard InChI is InChI=1S/C18H22N4O2S/c23-18(17-11-19-13-25-17)22-5-1-2-16(22)14-3-4-20-15(10-14)12-21-6-8-24-9-7-21/h3-4,10-11,13,16H,1-2,5-9,12H2/t16-/m1/s1. The molecular weight excluding hydrogens is 336 g/mol. The van der Waals surface area contributed by atoms with Crippen molar-refractivity contribution in [1.82, 2.24) is 19.8 Å². The summed E-state index contributed by atoms with van der Waals surface area (Å²) >= 11 is 1.41. The summed E-state index contributed by atoms with van der Waals surface area (Å²) in [6.07, 6.45) is 5.58. The van der Waals surface area contributed by atoms with Gasteiger partial charge in [-0.05, 0) is 30.5 Å². The third kappa shape index (κ3) is 3.73. The third-order valence-corrected chi connectivity index (χ3v) is 5.63. The molecule has 132 valence electrons. The van der Waals surface area contributed by atoms with E-state index in [9.17, 15) is 4.79 Å². The first-order valence-electron chi connectivity index (χ1n) is 8.75. The number of carbonyl (C=O) groups is 1. The molecule has 0 aliphatic carbocycles. The van der Waals surface area contributed by atoms with Crippen LogP contribution in [0.15, 0.2) is 30.0 Å². The van der Waals surface area contributed by atoms with Crippen LogP contribution in [0.25, 0.3) is 0 Å². The number of likely N-dealkylation sites (tertiary alicyclic amines) is 1. The molecular formula is C18H22N4O2S. The second kappa shape index (κ2) is 7.59. The molecule has 0 N–H and O–H groups in total. The first-order chi connectivity index (χ1) is 12.3. The van der Waals surface area contributed by atoms with Crippen LogP contribution in [-0.4, -0.2) is 58.5 Å². The number of morpholine rings is 1. The van der Waals surface area contributed by atoms with E-state index in [-0.39, 0.29) is 11.9 Å². The lowest BCUT2D eigenvalue weighted by molar-refractivity contribution is 0.0336. The number of hydrogen-bond donors (Lipinski definition) is 0. The van der Waals surface area contributed by atoms with Gasteiger partial charge in [0.2, 0.25) is 0 Å². The van der Waals surface area contributed by atoms with Crippen molar-refractivity contribution in [3.05, 3.63) is 46.2 Å². The van der Waals surface area contributed by atoms with Crippen LogP contribution in [-0.2, 0) is 11.3 Å². The summed E-state index contributed by atoms with van der Waals surface area (Å²) in [7, 11) is 0. The molecule has 4 heterocycles. The van der Waals surface area contributed by atoms with Crippen molar-refractivity contribution >= 4 is 17.2 Å². The molecule has 0 aromatic carbocycles. The van der Waals surface area contributed by atoms with Gasteiger partial charge in [-0.3, -0.25) is 19.7 Å². The van der Waals surface area contributed by atoms with Crippen molar-refractivity contribution in [2.75, 3.05) is 32.8 Å². The van der Waals surface area contributed by atoms with E-state index in [2.05, 4.69) is 20.9 Å². The molecule has 1 atom stereocenters. The summed E-state index contributed by atoms with van der Waals surface area (Å²) in [6.45, 7) is 5.13. The minimum absolute atomic E-state index is 0.0940. The maximum atomic E-state index is 12.8. The van der Waals surface area contributed by atoms with Gasteiger partial charge in [-0.25, -0.2) is 0 Å². The summed E-state index contributed by atoms with van der Waals surface area (Å²) in [4.78, 5) is 26.4. The highest BCUT2D eigenvalue weighted by Crippen LogP contribution is 2.33. The van der Waals surface area contributed by atoms with Crippen LogP contribution in [0.3, 0.4) is 0 Å². The van der Waals surface area contributed by atoms with Crippen LogP contribution >= 0.6 is 11.3 Å². The monoisotopic (exact) mass is 358 g/mol. The summed E-state index contributed by atoms with van der Waals surface area (Å²) in [5.74, 6) is 0.0940. The lowest BCUT2D eigenvalue weighted by atomic mass is 10.0. The molecule has 7 heteroatoms. The van der Waals surface area contributed by atoms with Crippen LogP contribution in [0, 0.1) is 0 Å². The molecule has 2 aliphatic rings. The van der Waals surface area contributed by atoms with E-state index >= 15 is 0 Å². The zero-order valence-electron chi connectivity index (χ0n) is 14.1. The molecule has 0 bridgehead atoms. The van der Waals surface area contributed by atoms with E-state index in [4.69, 9.17) is 4.74 Å². The average molecular weight is 358 g/mol. The fourth-order valence-corrected chi connectivity index (χ4v) is 4.17. The fourth-order valence-electron chi connectivity index (χ4n) is 3.60. The number of amides is 1. The minimum atomic E-state index is 0.0940. The van der Waals surface area contributed by atoms with Gasteiger partial charge in [-0.1, -0.05) is 0 Å². The van der Waals surface area contributed by atoms with Crippen molar-refractivity contribution in [2.45, 2.75) is 25.4 Å². The van der Waals surface area contributed by atoms with Gasteiger partial charge >= 0.3 is 0 Å². The van der Waals surface area contributed by atoms with Gasteiger partial charge in [0.15, 0.2) is 0 Å². The number of rotatable bonds is 4. The Morgan fingerprint density at radius 1 is 1.32 bits per heavy atom. The quantitative estimate of drug-likeness (QED) is 0.840. The molecule has 2 fully saturated rings. The molecule has 1 amide bonds. The number of thiazole rings is 1. The molecule has 2 aromatic rings. The Bertz CT molecular complexity index is 716. The van der Waals surface area contributed by atoms with Crippen molar-refractivity contribution in [2.24, 2.45) is 0 Å². The average Bonchev–Trinajstić information content (AvgIpc) is 3.34. The van der Waals surface area contributed by atoms with Crippen molar-refractivity contribution < 1.29 is 9.53 Å². The predicted molar refractivity (Wildman–Crippen MR) is 95.5 cm³/mol. The Balaban J connectivity index is 1.50. The molecule has 2 aromatic heterocycles. The number of hydrogen-bond acceptors (Lipinski definition) is 6. The SMILES string of the molecule is O=C(c1cncs1)N1CCC[C@@H]1c1ccnc(CN2CCOCC2)c1. The number of carbonyl (C=O) groups excluding carboxylic acids is 1. The van der Waals surface area contributed by atoms with Crippen LogP contribution in [0.5, 0.6) is 0 Å². The molecule has 0 unspecified atom stereocenters. The van der Waals surface area contributed by atoms with E-state index in [1.807, 2.05) is 17.2 Å². The molecule has 6 nitrogen and oxygen atoms in total. The van der Waals surface area contributed by atoms with Gasteiger partial charge in [-0.2, -0.15) is 0 Å². The van der Waals surface area contributed by atoms with Crippen molar-refractivity contribution in [3.63, 3.8) is 0 Å². The van der Waals surface area contributed by atoms with Gasteiger partial charge < -0.3 is 9.64 Å². The zero-order valence-corrected chi connectivity index (χ0v) is 15.0. The topological polar surface area (TPSA) is 58.6 Å². The van der Waals surface area contributed by atoms with Crippen LogP contribution in [0.4, 0.5) is 0 Å². The molecule has 2 saturated heterocycles. The third-order valence-electron chi connectivity index (χ3n) is 4.87. The minimum Gasteiger partial charge on any atom is -0.379 e. The Morgan fingerprint density at radius 2 is 2.20 bits per heavy atom. The first-order valence-corrected chi connectivity index (χ1v) is 9.63. The first kappa shape index (κ1) is 16.6. The summed E-state index contributed by atoms with van der Waals surface area (Å²) in [5.41, 5.74) is 3.97. The number of nitrogens with zero attached hydrogens (tertiary/aromatic N) is 4. The number of ether oxygens (including phenoxy) is 1. The van der Waals surface area contributed by atoms with E-state index in [0.717, 1.165) is 62.8 Å². The maximum Gasteiger partial charge on any atom is 0.266 e. The van der Waals surface area contributed by atoms with Crippen molar-refractivity contribution in [1.29, 1.82) is 0 Å². The highest BCUT2D eigenvalue weighted by atomic mass is 32.1. The highest BCUT2D eigenvalue weighted by molar-refractivity contribution is 7.11. The molecule has 0 spiro atoms. The summed E-state index contributed by atoms with van der Waals surface area (Å²) in [6, 6.07) is 4.35. The lowest BCUT2D eigenvalue weighted by Crippen LogP contribution is -2.36. The molecule has 2 aliphatic heterocycles. The van der Waals surface area contributed by atoms with E-state index in [1.165, 1.54) is 16.9 Å². The van der Waals surface area contributed by atoms with E-state index < -0.39 is 0 Å². The largest absolute Gasteiger partial charge is 0.379 e. The zero-order chi connectivity index (χ0) is 17.1. The molecule has 0 saturated carbocycles. The number of aromatic nitrogens is 2. The predicted octanol–water partition coefficient (Wildman–Crippen LogP) is 2.35. The Morgan fingerprint density at radius 3 is 3.00 bits per heavy atom. The van der Waals surface area contributed by atoms with Crippen LogP contribution < -0.4 is 0 Å². The highest BCUT2D eigenvalue weighted by Gasteiger charge is 2.31. The van der Waals surface area contributed by atoms with Gasteiger partial charge in [0.25, 0.3) is 5.91 Å². The second-order valence-electron chi connectivity index (χ2n) is 6.49. The van der Waals surface area contributed by atoms with Gasteiger partial charge in [-0.15, -0.1) is 11.3 Å². The van der Waals surface area contributed by atoms with E-state index in [0.29, 0.717) is 0 Å². The van der Waals surface area contributed by atoms with Gasteiger partial charge in [0, 0.05) is 32.4 Å². The normalized spacial score (nSPS) is 21.6. The maximum absolute atomic E-state index is 12.8. The smallest absolute Gasteiger partial charge is 0.266 e. The number of pyridine rings is 1. The Kier molecular flexibility index (Phi) is 5.05. The summed E-state index contributed by atoms with van der Waals surface area (Å²) < 4.78 is 5.41. The van der Waals surface area contributed by atoms with Gasteiger partial charge in [0.05, 0.1) is 36.7 Å². The molecule has 4 rings (SSSR count). The Labute approximate surface area is 151 Å². The van der Waals surface area contributed by atoms with E-state index in [1.54, 1.807) is 11.7 Å².